The maximum Gasteiger partial charge on any atom is 0.337 e. The van der Waals surface area contributed by atoms with Crippen molar-refractivity contribution in [2.24, 2.45) is 0 Å². The van der Waals surface area contributed by atoms with Gasteiger partial charge in [-0.15, -0.1) is 0 Å². The number of hydrogen-bond donors (Lipinski definition) is 2. The van der Waals surface area contributed by atoms with Crippen molar-refractivity contribution >= 4 is 29.3 Å². The smallest absolute Gasteiger partial charge is 0.337 e. The van der Waals surface area contributed by atoms with Gasteiger partial charge in [-0.25, -0.2) is 4.79 Å². The first-order valence-corrected chi connectivity index (χ1v) is 4.31. The second kappa shape index (κ2) is 3.72. The number of aromatic carboxylic acids is 1. The van der Waals surface area contributed by atoms with Crippen LogP contribution in [0.15, 0.2) is 12.6 Å². The predicted molar refractivity (Wildman–Crippen MR) is 57.7 cm³/mol. The van der Waals surface area contributed by atoms with Crippen molar-refractivity contribution in [1.29, 1.82) is 0 Å². The lowest BCUT2D eigenvalue weighted by Gasteiger charge is -2.10. The summed E-state index contributed by atoms with van der Waals surface area (Å²) >= 11 is 5.85. The van der Waals surface area contributed by atoms with Gasteiger partial charge >= 0.3 is 5.97 Å². The molecule has 0 saturated heterocycles. The van der Waals surface area contributed by atoms with E-state index in [0.717, 1.165) is 5.56 Å². The Bertz CT molecular complexity index is 413. The summed E-state index contributed by atoms with van der Waals surface area (Å²) in [6, 6.07) is 1.35. The summed E-state index contributed by atoms with van der Waals surface area (Å²) in [5, 5.41) is 9.21. The van der Waals surface area contributed by atoms with Crippen LogP contribution >= 0.6 is 11.6 Å². The highest BCUT2D eigenvalue weighted by atomic mass is 35.5. The molecule has 74 valence electrons. The number of anilines is 1. The molecule has 0 radical (unpaired) electrons. The molecule has 4 heteroatoms. The summed E-state index contributed by atoms with van der Waals surface area (Å²) in [5.74, 6) is -1.09. The van der Waals surface area contributed by atoms with Gasteiger partial charge in [0.1, 0.15) is 0 Å². The third-order valence-corrected chi connectivity index (χ3v) is 2.44. The molecular weight excluding hydrogens is 202 g/mol. The molecule has 0 amide bonds. The lowest BCUT2D eigenvalue weighted by atomic mass is 10.0. The van der Waals surface area contributed by atoms with Crippen LogP contribution in [0.4, 0.5) is 5.69 Å². The maximum absolute atomic E-state index is 10.8. The Morgan fingerprint density at radius 2 is 2.29 bits per heavy atom. The third-order valence-electron chi connectivity index (χ3n) is 2.05. The van der Waals surface area contributed by atoms with E-state index in [0.29, 0.717) is 10.6 Å². The highest BCUT2D eigenvalue weighted by Gasteiger charge is 2.14. The van der Waals surface area contributed by atoms with Crippen LogP contribution in [-0.4, -0.2) is 11.1 Å². The van der Waals surface area contributed by atoms with Crippen LogP contribution < -0.4 is 5.73 Å². The van der Waals surface area contributed by atoms with Gasteiger partial charge in [0.15, 0.2) is 0 Å². The van der Waals surface area contributed by atoms with Crippen molar-refractivity contribution in [2.45, 2.75) is 6.92 Å². The largest absolute Gasteiger partial charge is 0.478 e. The van der Waals surface area contributed by atoms with Gasteiger partial charge in [-0.3, -0.25) is 0 Å². The van der Waals surface area contributed by atoms with Crippen LogP contribution in [-0.2, 0) is 0 Å². The number of carboxylic acids is 1. The molecule has 3 nitrogen and oxygen atoms in total. The van der Waals surface area contributed by atoms with Crippen molar-refractivity contribution in [3.8, 4) is 0 Å². The molecular formula is C10H10ClNO2. The van der Waals surface area contributed by atoms with Gasteiger partial charge in [0.05, 0.1) is 11.3 Å². The van der Waals surface area contributed by atoms with Crippen LogP contribution in [0, 0.1) is 6.92 Å². The van der Waals surface area contributed by atoms with Crippen LogP contribution in [0.5, 0.6) is 0 Å². The monoisotopic (exact) mass is 211 g/mol. The molecule has 0 aromatic heterocycles. The first kappa shape index (κ1) is 10.6. The van der Waals surface area contributed by atoms with Crippen LogP contribution in [0.3, 0.4) is 0 Å². The van der Waals surface area contributed by atoms with E-state index in [4.69, 9.17) is 22.4 Å². The minimum absolute atomic E-state index is 0.00972. The molecule has 1 aromatic carbocycles. The first-order chi connectivity index (χ1) is 6.49. The molecule has 0 aliphatic carbocycles. The number of carbonyl (C=O) groups is 1. The minimum atomic E-state index is -1.09. The number of rotatable bonds is 2. The maximum atomic E-state index is 10.8. The molecule has 0 bridgehead atoms. The Morgan fingerprint density at radius 1 is 1.71 bits per heavy atom. The Morgan fingerprint density at radius 3 is 2.71 bits per heavy atom. The molecule has 0 heterocycles. The van der Waals surface area contributed by atoms with E-state index < -0.39 is 5.97 Å². The molecule has 0 spiro atoms. The van der Waals surface area contributed by atoms with Gasteiger partial charge in [-0.2, -0.15) is 0 Å². The molecule has 0 aliphatic heterocycles. The summed E-state index contributed by atoms with van der Waals surface area (Å²) in [6.45, 7) is 5.33. The van der Waals surface area contributed by atoms with E-state index in [-0.39, 0.29) is 11.3 Å². The number of carboxylic acid groups (broad SMARTS) is 1. The minimum Gasteiger partial charge on any atom is -0.478 e. The standard InChI is InChI=1S/C10H10ClNO2/c1-3-6-5(2)8(11)4-7(9(6)12)10(13)14/h3-4H,1,12H2,2H3,(H,13,14). The van der Waals surface area contributed by atoms with E-state index in [1.807, 2.05) is 0 Å². The first-order valence-electron chi connectivity index (χ1n) is 3.93. The van der Waals surface area contributed by atoms with Gasteiger partial charge in [0.2, 0.25) is 0 Å². The fourth-order valence-corrected chi connectivity index (χ4v) is 1.44. The fourth-order valence-electron chi connectivity index (χ4n) is 1.23. The Balaban J connectivity index is 3.58. The Hall–Kier alpha value is -1.48. The molecule has 0 fully saturated rings. The Kier molecular flexibility index (Phi) is 2.81. The zero-order chi connectivity index (χ0) is 10.9. The molecule has 0 saturated carbocycles. The number of nitrogen functional groups attached to an aromatic ring is 1. The van der Waals surface area contributed by atoms with E-state index in [2.05, 4.69) is 6.58 Å². The van der Waals surface area contributed by atoms with Crippen molar-refractivity contribution in [3.05, 3.63) is 34.4 Å². The summed E-state index contributed by atoms with van der Waals surface area (Å²) in [4.78, 5) is 10.8. The highest BCUT2D eigenvalue weighted by molar-refractivity contribution is 6.32. The lowest BCUT2D eigenvalue weighted by molar-refractivity contribution is 0.0698. The molecule has 0 unspecified atom stereocenters. The van der Waals surface area contributed by atoms with E-state index in [9.17, 15) is 4.79 Å². The highest BCUT2D eigenvalue weighted by Crippen LogP contribution is 2.29. The number of nitrogens with two attached hydrogens (primary N) is 1. The number of halogens is 1. The van der Waals surface area contributed by atoms with E-state index in [1.165, 1.54) is 12.1 Å². The summed E-state index contributed by atoms with van der Waals surface area (Å²) in [5.41, 5.74) is 7.19. The average Bonchev–Trinajstić information content (AvgIpc) is 2.12. The normalized spacial score (nSPS) is 9.86. The van der Waals surface area contributed by atoms with Gasteiger partial charge in [-0.05, 0) is 18.6 Å². The van der Waals surface area contributed by atoms with E-state index in [1.54, 1.807) is 6.92 Å². The van der Waals surface area contributed by atoms with Crippen molar-refractivity contribution < 1.29 is 9.90 Å². The third kappa shape index (κ3) is 1.59. The molecule has 0 aliphatic rings. The molecule has 1 aromatic rings. The second-order valence-corrected chi connectivity index (χ2v) is 3.27. The summed E-state index contributed by atoms with van der Waals surface area (Å²) < 4.78 is 0. The fraction of sp³-hybridized carbons (Fsp3) is 0.100. The average molecular weight is 212 g/mol. The van der Waals surface area contributed by atoms with Crippen molar-refractivity contribution in [3.63, 3.8) is 0 Å². The lowest BCUT2D eigenvalue weighted by Crippen LogP contribution is -2.05. The van der Waals surface area contributed by atoms with E-state index >= 15 is 0 Å². The summed E-state index contributed by atoms with van der Waals surface area (Å²) in [7, 11) is 0. The van der Waals surface area contributed by atoms with Crippen LogP contribution in [0.1, 0.15) is 21.5 Å². The van der Waals surface area contributed by atoms with Crippen LogP contribution in [0.25, 0.3) is 6.08 Å². The van der Waals surface area contributed by atoms with Gasteiger partial charge in [0.25, 0.3) is 0 Å². The van der Waals surface area contributed by atoms with Gasteiger partial charge < -0.3 is 10.8 Å². The topological polar surface area (TPSA) is 63.3 Å². The quantitative estimate of drug-likeness (QED) is 0.739. The number of benzene rings is 1. The predicted octanol–water partition coefficient (Wildman–Crippen LogP) is 2.57. The summed E-state index contributed by atoms with van der Waals surface area (Å²) in [6.07, 6.45) is 1.50. The molecule has 1 rings (SSSR count). The Labute approximate surface area is 86.8 Å². The zero-order valence-electron chi connectivity index (χ0n) is 7.67. The van der Waals surface area contributed by atoms with Gasteiger partial charge in [-0.1, -0.05) is 24.3 Å². The zero-order valence-corrected chi connectivity index (χ0v) is 8.43. The number of hydrogen-bond acceptors (Lipinski definition) is 2. The van der Waals surface area contributed by atoms with Crippen molar-refractivity contribution in [2.75, 3.05) is 5.73 Å². The van der Waals surface area contributed by atoms with Crippen molar-refractivity contribution in [1.82, 2.24) is 0 Å². The second-order valence-electron chi connectivity index (χ2n) is 2.87. The molecule has 0 atom stereocenters. The molecule has 3 N–H and O–H groups in total. The van der Waals surface area contributed by atoms with Crippen LogP contribution in [0.2, 0.25) is 5.02 Å². The SMILES string of the molecule is C=Cc1c(C)c(Cl)cc(C(=O)O)c1N. The molecule has 14 heavy (non-hydrogen) atoms. The van der Waals surface area contributed by atoms with Gasteiger partial charge in [0, 0.05) is 10.6 Å².